The van der Waals surface area contributed by atoms with Crippen LogP contribution in [0.4, 0.5) is 4.39 Å². The zero-order chi connectivity index (χ0) is 16.8. The normalized spacial score (nSPS) is 11.0. The minimum atomic E-state index is -0.657. The van der Waals surface area contributed by atoms with Crippen LogP contribution in [0.2, 0.25) is 0 Å². The number of H-pyrrole nitrogens is 1. The van der Waals surface area contributed by atoms with Crippen LogP contribution in [-0.4, -0.2) is 10.1 Å². The third kappa shape index (κ3) is 2.68. The van der Waals surface area contributed by atoms with Crippen molar-refractivity contribution in [1.82, 2.24) is 4.98 Å². The second kappa shape index (κ2) is 6.48. The molecule has 0 aliphatic rings. The van der Waals surface area contributed by atoms with Gasteiger partial charge < -0.3 is 15.8 Å². The number of hydrogen-bond donors (Lipinski definition) is 3. The molecule has 0 saturated carbocycles. The Kier molecular flexibility index (Phi) is 4.51. The molecule has 0 atom stereocenters. The summed E-state index contributed by atoms with van der Waals surface area (Å²) in [5.41, 5.74) is 7.57. The van der Waals surface area contributed by atoms with Crippen molar-refractivity contribution in [2.24, 2.45) is 5.73 Å². The van der Waals surface area contributed by atoms with E-state index in [4.69, 9.17) is 5.73 Å². The minimum absolute atomic E-state index is 0. The van der Waals surface area contributed by atoms with E-state index in [0.717, 1.165) is 17.2 Å². The quantitative estimate of drug-likeness (QED) is 0.492. The lowest BCUT2D eigenvalue weighted by molar-refractivity contribution is 0.472. The standard InChI is InChI=1S/C18H13FN2O2S.ClH/c19-12-7-13(22)14(10-3-1-9(8-20)2-4-10)15-11-5-6-24-17(11)18(23)21-16(12)15;/h1-7,22H,8,20H2,(H,21,23);1H. The van der Waals surface area contributed by atoms with Gasteiger partial charge in [0.05, 0.1) is 5.52 Å². The van der Waals surface area contributed by atoms with Gasteiger partial charge >= 0.3 is 0 Å². The number of thiophene rings is 1. The first-order valence-electron chi connectivity index (χ1n) is 7.34. The lowest BCUT2D eigenvalue weighted by Crippen LogP contribution is -2.06. The maximum absolute atomic E-state index is 14.3. The van der Waals surface area contributed by atoms with E-state index in [9.17, 15) is 14.3 Å². The predicted octanol–water partition coefficient (Wildman–Crippen LogP) is 4.14. The second-order valence-corrected chi connectivity index (χ2v) is 6.44. The van der Waals surface area contributed by atoms with Crippen LogP contribution >= 0.6 is 23.7 Å². The number of halogens is 2. The molecule has 0 fully saturated rings. The SMILES string of the molecule is Cl.NCc1ccc(-c2c(O)cc(F)c3[nH]c(=O)c4sccc4c23)cc1. The topological polar surface area (TPSA) is 79.1 Å². The molecule has 0 bridgehead atoms. The minimum Gasteiger partial charge on any atom is -0.507 e. The van der Waals surface area contributed by atoms with Crippen LogP contribution in [0, 0.1) is 5.82 Å². The molecule has 2 heterocycles. The van der Waals surface area contributed by atoms with E-state index in [2.05, 4.69) is 4.98 Å². The van der Waals surface area contributed by atoms with Crippen molar-refractivity contribution < 1.29 is 9.50 Å². The fourth-order valence-corrected chi connectivity index (χ4v) is 3.78. The number of aromatic amines is 1. The van der Waals surface area contributed by atoms with Gasteiger partial charge in [0.15, 0.2) is 5.82 Å². The number of nitrogens with two attached hydrogens (primary N) is 1. The van der Waals surface area contributed by atoms with E-state index < -0.39 is 5.82 Å². The summed E-state index contributed by atoms with van der Waals surface area (Å²) in [6.45, 7) is 0.415. The van der Waals surface area contributed by atoms with Gasteiger partial charge in [-0.3, -0.25) is 4.79 Å². The molecule has 2 aromatic carbocycles. The lowest BCUT2D eigenvalue weighted by Gasteiger charge is -2.12. The first-order valence-corrected chi connectivity index (χ1v) is 8.22. The highest BCUT2D eigenvalue weighted by Crippen LogP contribution is 2.40. The third-order valence-electron chi connectivity index (χ3n) is 4.12. The van der Waals surface area contributed by atoms with Crippen molar-refractivity contribution in [3.63, 3.8) is 0 Å². The fraction of sp³-hybridized carbons (Fsp3) is 0.0556. The van der Waals surface area contributed by atoms with E-state index in [-0.39, 0.29) is 29.2 Å². The van der Waals surface area contributed by atoms with Crippen LogP contribution in [0.25, 0.3) is 32.1 Å². The summed E-state index contributed by atoms with van der Waals surface area (Å²) in [4.78, 5) is 14.7. The summed E-state index contributed by atoms with van der Waals surface area (Å²) in [5.74, 6) is -0.824. The maximum Gasteiger partial charge on any atom is 0.266 e. The summed E-state index contributed by atoms with van der Waals surface area (Å²) < 4.78 is 14.8. The number of phenols is 1. The predicted molar refractivity (Wildman–Crippen MR) is 102 cm³/mol. The summed E-state index contributed by atoms with van der Waals surface area (Å²) >= 11 is 1.29. The van der Waals surface area contributed by atoms with Crippen molar-refractivity contribution in [3.05, 3.63) is 63.5 Å². The zero-order valence-electron chi connectivity index (χ0n) is 12.9. The molecule has 0 radical (unpaired) electrons. The number of fused-ring (bicyclic) bond motifs is 3. The molecule has 4 nitrogen and oxygen atoms in total. The third-order valence-corrected chi connectivity index (χ3v) is 5.03. The first kappa shape index (κ1) is 17.4. The largest absolute Gasteiger partial charge is 0.507 e. The molecular weight excluding hydrogens is 363 g/mol. The second-order valence-electron chi connectivity index (χ2n) is 5.52. The molecule has 0 aliphatic heterocycles. The van der Waals surface area contributed by atoms with Crippen molar-refractivity contribution in [3.8, 4) is 16.9 Å². The summed E-state index contributed by atoms with van der Waals surface area (Å²) in [5, 5.41) is 13.3. The molecule has 4 N–H and O–H groups in total. The molecule has 25 heavy (non-hydrogen) atoms. The van der Waals surface area contributed by atoms with Gasteiger partial charge in [-0.05, 0) is 22.6 Å². The monoisotopic (exact) mass is 376 g/mol. The number of phenolic OH excluding ortho intramolecular Hbond substituents is 1. The zero-order valence-corrected chi connectivity index (χ0v) is 14.5. The van der Waals surface area contributed by atoms with Crippen molar-refractivity contribution >= 4 is 44.7 Å². The van der Waals surface area contributed by atoms with Gasteiger partial charge in [-0.15, -0.1) is 23.7 Å². The Labute approximate surface area is 152 Å². The lowest BCUT2D eigenvalue weighted by atomic mass is 9.96. The van der Waals surface area contributed by atoms with Gasteiger partial charge in [-0.1, -0.05) is 24.3 Å². The number of aromatic hydroxyl groups is 1. The Hall–Kier alpha value is -2.41. The Balaban J connectivity index is 0.00000182. The Morgan fingerprint density at radius 1 is 1.20 bits per heavy atom. The summed E-state index contributed by atoms with van der Waals surface area (Å²) in [6, 6.07) is 10.2. The van der Waals surface area contributed by atoms with E-state index in [0.29, 0.717) is 27.6 Å². The Morgan fingerprint density at radius 3 is 2.60 bits per heavy atom. The Bertz CT molecular complexity index is 1140. The molecule has 0 aliphatic carbocycles. The number of nitrogens with one attached hydrogen (secondary N) is 1. The van der Waals surface area contributed by atoms with Crippen LogP contribution < -0.4 is 11.3 Å². The number of benzene rings is 2. The fourth-order valence-electron chi connectivity index (χ4n) is 2.98. The highest BCUT2D eigenvalue weighted by atomic mass is 35.5. The first-order chi connectivity index (χ1) is 11.6. The van der Waals surface area contributed by atoms with Gasteiger partial charge in [0.1, 0.15) is 10.4 Å². The van der Waals surface area contributed by atoms with Gasteiger partial charge in [-0.2, -0.15) is 0 Å². The highest BCUT2D eigenvalue weighted by molar-refractivity contribution is 7.17. The smallest absolute Gasteiger partial charge is 0.266 e. The van der Waals surface area contributed by atoms with Gasteiger partial charge in [-0.25, -0.2) is 4.39 Å². The highest BCUT2D eigenvalue weighted by Gasteiger charge is 2.18. The maximum atomic E-state index is 14.3. The van der Waals surface area contributed by atoms with Crippen LogP contribution in [0.1, 0.15) is 5.56 Å². The molecule has 0 saturated heterocycles. The van der Waals surface area contributed by atoms with Crippen LogP contribution in [0.3, 0.4) is 0 Å². The average molecular weight is 377 g/mol. The summed E-state index contributed by atoms with van der Waals surface area (Å²) in [6.07, 6.45) is 0. The van der Waals surface area contributed by atoms with Gasteiger partial charge in [0, 0.05) is 28.9 Å². The van der Waals surface area contributed by atoms with E-state index in [1.165, 1.54) is 11.3 Å². The number of rotatable bonds is 2. The molecule has 0 amide bonds. The van der Waals surface area contributed by atoms with E-state index in [1.54, 1.807) is 11.4 Å². The number of pyridine rings is 1. The van der Waals surface area contributed by atoms with E-state index >= 15 is 0 Å². The average Bonchev–Trinajstić information content (AvgIpc) is 3.07. The van der Waals surface area contributed by atoms with Crippen molar-refractivity contribution in [2.75, 3.05) is 0 Å². The van der Waals surface area contributed by atoms with Gasteiger partial charge in [0.25, 0.3) is 5.56 Å². The van der Waals surface area contributed by atoms with Crippen LogP contribution in [0.5, 0.6) is 5.75 Å². The van der Waals surface area contributed by atoms with Gasteiger partial charge in [0.2, 0.25) is 0 Å². The summed E-state index contributed by atoms with van der Waals surface area (Å²) in [7, 11) is 0. The van der Waals surface area contributed by atoms with Crippen molar-refractivity contribution in [1.29, 1.82) is 0 Å². The van der Waals surface area contributed by atoms with Crippen LogP contribution in [0.15, 0.2) is 46.6 Å². The molecule has 4 aromatic rings. The van der Waals surface area contributed by atoms with Crippen LogP contribution in [-0.2, 0) is 6.54 Å². The molecule has 4 rings (SSSR count). The molecule has 128 valence electrons. The molecule has 7 heteroatoms. The number of aromatic nitrogens is 1. The molecule has 2 aromatic heterocycles. The molecule has 0 unspecified atom stereocenters. The molecule has 0 spiro atoms. The number of hydrogen-bond acceptors (Lipinski definition) is 4. The van der Waals surface area contributed by atoms with Crippen molar-refractivity contribution in [2.45, 2.75) is 6.54 Å². The van der Waals surface area contributed by atoms with E-state index in [1.807, 2.05) is 24.3 Å². The Morgan fingerprint density at radius 2 is 1.92 bits per heavy atom. The molecular formula is C18H14ClFN2O2S.